The number of nitrogens with zero attached hydrogens (tertiary/aromatic N) is 2. The highest BCUT2D eigenvalue weighted by molar-refractivity contribution is 7.91. The summed E-state index contributed by atoms with van der Waals surface area (Å²) in [5.41, 5.74) is 0.963. The number of carbonyl (C=O) groups excluding carboxylic acids is 1. The van der Waals surface area contributed by atoms with Gasteiger partial charge in [0, 0.05) is 25.2 Å². The maximum Gasteiger partial charge on any atom is 0.269 e. The third kappa shape index (κ3) is 5.00. The molecule has 0 radical (unpaired) electrons. The summed E-state index contributed by atoms with van der Waals surface area (Å²) in [5.74, 6) is -0.492. The van der Waals surface area contributed by atoms with E-state index in [9.17, 15) is 13.2 Å². The normalized spacial score (nSPS) is 15.9. The summed E-state index contributed by atoms with van der Waals surface area (Å²) in [6.07, 6.45) is 1.41. The molecule has 3 aromatic rings. The van der Waals surface area contributed by atoms with Crippen molar-refractivity contribution in [1.29, 1.82) is 0 Å². The third-order valence-corrected chi connectivity index (χ3v) is 8.35. The lowest BCUT2D eigenvalue weighted by Gasteiger charge is -2.37. The first kappa shape index (κ1) is 22.8. The fourth-order valence-electron chi connectivity index (χ4n) is 3.59. The van der Waals surface area contributed by atoms with Gasteiger partial charge < -0.3 is 4.74 Å². The van der Waals surface area contributed by atoms with E-state index in [1.165, 1.54) is 0 Å². The molecule has 32 heavy (non-hydrogen) atoms. The Morgan fingerprint density at radius 1 is 1.06 bits per heavy atom. The van der Waals surface area contributed by atoms with Gasteiger partial charge in [0.1, 0.15) is 0 Å². The molecule has 11 heteroatoms. The molecular formula is C21H21ClN4O4S2. The first-order valence-electron chi connectivity index (χ1n) is 9.92. The zero-order chi connectivity index (χ0) is 22.6. The van der Waals surface area contributed by atoms with Gasteiger partial charge in [0.15, 0.2) is 0 Å². The average Bonchev–Trinajstić information content (AvgIpc) is 3.29. The zero-order valence-electron chi connectivity index (χ0n) is 17.0. The fraction of sp³-hybridized carbons (Fsp3) is 0.286. The van der Waals surface area contributed by atoms with Gasteiger partial charge in [-0.25, -0.2) is 13.1 Å². The number of carbonyl (C=O) groups is 1. The molecule has 1 saturated heterocycles. The summed E-state index contributed by atoms with van der Waals surface area (Å²) in [7, 11) is -3.92. The topological polar surface area (TPSA) is 110 Å². The first-order valence-corrected chi connectivity index (χ1v) is 12.6. The molecule has 2 heterocycles. The molecule has 0 unspecified atom stereocenters. The highest BCUT2D eigenvalue weighted by Crippen LogP contribution is 2.34. The lowest BCUT2D eigenvalue weighted by molar-refractivity contribution is 0.0517. The minimum absolute atomic E-state index is 0.0686. The Kier molecular flexibility index (Phi) is 6.87. The lowest BCUT2D eigenvalue weighted by atomic mass is 9.74. The average molecular weight is 493 g/mol. The Morgan fingerprint density at radius 3 is 2.47 bits per heavy atom. The van der Waals surface area contributed by atoms with Gasteiger partial charge >= 0.3 is 0 Å². The van der Waals surface area contributed by atoms with Gasteiger partial charge in [0.25, 0.3) is 15.9 Å². The quantitative estimate of drug-likeness (QED) is 0.488. The molecule has 0 saturated carbocycles. The van der Waals surface area contributed by atoms with E-state index in [-0.39, 0.29) is 32.0 Å². The van der Waals surface area contributed by atoms with Crippen molar-refractivity contribution in [1.82, 2.24) is 14.9 Å². The predicted molar refractivity (Wildman–Crippen MR) is 123 cm³/mol. The van der Waals surface area contributed by atoms with Crippen LogP contribution in [0.25, 0.3) is 0 Å². The van der Waals surface area contributed by atoms with Crippen LogP contribution in [0, 0.1) is 0 Å². The summed E-state index contributed by atoms with van der Waals surface area (Å²) in [6, 6.07) is 16.4. The van der Waals surface area contributed by atoms with E-state index < -0.39 is 15.9 Å². The van der Waals surface area contributed by atoms with Gasteiger partial charge in [-0.1, -0.05) is 65.4 Å². The lowest BCUT2D eigenvalue weighted by Crippen LogP contribution is -2.44. The number of hydrogen-bond donors (Lipinski definition) is 2. The Bertz CT molecular complexity index is 1200. The standard InChI is InChI=1S/C21H21ClN4O4S2/c22-17-9-5-4-8-16(17)18(27)24-19-25-26-20(31-19)32(28,29)23-14-21(10-12-30-13-11-21)15-6-2-1-3-7-15/h1-9,23H,10-14H2,(H,24,25,27). The molecular weight excluding hydrogens is 472 g/mol. The molecule has 1 amide bonds. The van der Waals surface area contributed by atoms with Crippen LogP contribution in [0.1, 0.15) is 28.8 Å². The number of benzene rings is 2. The van der Waals surface area contributed by atoms with Crippen molar-refractivity contribution in [3.8, 4) is 0 Å². The smallest absolute Gasteiger partial charge is 0.269 e. The number of halogens is 1. The Morgan fingerprint density at radius 2 is 1.75 bits per heavy atom. The molecule has 8 nitrogen and oxygen atoms in total. The number of sulfonamides is 1. The summed E-state index contributed by atoms with van der Waals surface area (Å²) < 4.78 is 33.8. The highest BCUT2D eigenvalue weighted by Gasteiger charge is 2.36. The van der Waals surface area contributed by atoms with Gasteiger partial charge in [-0.05, 0) is 30.5 Å². The van der Waals surface area contributed by atoms with Gasteiger partial charge in [0.2, 0.25) is 9.47 Å². The Hall–Kier alpha value is -2.37. The molecule has 1 aromatic heterocycles. The van der Waals surface area contributed by atoms with E-state index in [2.05, 4.69) is 20.2 Å². The van der Waals surface area contributed by atoms with E-state index >= 15 is 0 Å². The molecule has 0 spiro atoms. The largest absolute Gasteiger partial charge is 0.381 e. The van der Waals surface area contributed by atoms with Crippen molar-refractivity contribution < 1.29 is 17.9 Å². The minimum Gasteiger partial charge on any atom is -0.381 e. The molecule has 1 fully saturated rings. The molecule has 0 aliphatic carbocycles. The minimum atomic E-state index is -3.92. The van der Waals surface area contributed by atoms with E-state index in [1.54, 1.807) is 24.3 Å². The second kappa shape index (κ2) is 9.63. The van der Waals surface area contributed by atoms with Crippen molar-refractivity contribution in [3.63, 3.8) is 0 Å². The molecule has 0 atom stereocenters. The molecule has 168 valence electrons. The van der Waals surface area contributed by atoms with Crippen LogP contribution in [0.15, 0.2) is 58.9 Å². The van der Waals surface area contributed by atoms with E-state index in [0.717, 1.165) is 16.9 Å². The third-order valence-electron chi connectivity index (χ3n) is 5.41. The van der Waals surface area contributed by atoms with Crippen molar-refractivity contribution in [2.75, 3.05) is 25.1 Å². The van der Waals surface area contributed by atoms with Crippen molar-refractivity contribution in [2.45, 2.75) is 22.6 Å². The number of nitrogens with one attached hydrogen (secondary N) is 2. The molecule has 0 bridgehead atoms. The van der Waals surface area contributed by atoms with E-state index in [4.69, 9.17) is 16.3 Å². The SMILES string of the molecule is O=C(Nc1nnc(S(=O)(=O)NCC2(c3ccccc3)CCOCC2)s1)c1ccccc1Cl. The summed E-state index contributed by atoms with van der Waals surface area (Å²) in [6.45, 7) is 1.34. The van der Waals surface area contributed by atoms with Crippen LogP contribution >= 0.6 is 22.9 Å². The van der Waals surface area contributed by atoms with Gasteiger partial charge in [0.05, 0.1) is 10.6 Å². The number of ether oxygens (including phenoxy) is 1. The van der Waals surface area contributed by atoms with Crippen LogP contribution in [0.2, 0.25) is 5.02 Å². The van der Waals surface area contributed by atoms with Crippen LogP contribution in [0.3, 0.4) is 0 Å². The number of hydrogen-bond acceptors (Lipinski definition) is 7. The summed E-state index contributed by atoms with van der Waals surface area (Å²) in [4.78, 5) is 12.4. The first-order chi connectivity index (χ1) is 15.4. The van der Waals surface area contributed by atoms with E-state index in [0.29, 0.717) is 26.1 Å². The van der Waals surface area contributed by atoms with E-state index in [1.807, 2.05) is 30.3 Å². The van der Waals surface area contributed by atoms with Crippen LogP contribution in [0.4, 0.5) is 5.13 Å². The second-order valence-corrected chi connectivity index (χ2v) is 10.7. The van der Waals surface area contributed by atoms with Crippen molar-refractivity contribution in [3.05, 3.63) is 70.7 Å². The Balaban J connectivity index is 1.47. The van der Waals surface area contributed by atoms with Gasteiger partial charge in [-0.2, -0.15) is 0 Å². The van der Waals surface area contributed by atoms with Crippen LogP contribution in [-0.2, 0) is 20.2 Å². The van der Waals surface area contributed by atoms with Crippen molar-refractivity contribution in [2.24, 2.45) is 0 Å². The van der Waals surface area contributed by atoms with Gasteiger partial charge in [-0.15, -0.1) is 10.2 Å². The number of rotatable bonds is 7. The molecule has 4 rings (SSSR count). The molecule has 2 N–H and O–H groups in total. The summed E-state index contributed by atoms with van der Waals surface area (Å²) in [5, 5.41) is 10.5. The molecule has 1 aliphatic heterocycles. The van der Waals surface area contributed by atoms with Crippen LogP contribution in [-0.4, -0.2) is 44.3 Å². The summed E-state index contributed by atoms with van der Waals surface area (Å²) >= 11 is 6.81. The number of aromatic nitrogens is 2. The highest BCUT2D eigenvalue weighted by atomic mass is 35.5. The van der Waals surface area contributed by atoms with Gasteiger partial charge in [-0.3, -0.25) is 10.1 Å². The second-order valence-electron chi connectivity index (χ2n) is 7.39. The Labute approximate surface area is 195 Å². The fourth-order valence-corrected chi connectivity index (χ4v) is 5.88. The zero-order valence-corrected chi connectivity index (χ0v) is 19.3. The number of amides is 1. The maximum atomic E-state index is 12.9. The predicted octanol–water partition coefficient (Wildman–Crippen LogP) is 3.47. The molecule has 2 aromatic carbocycles. The van der Waals surface area contributed by atoms with Crippen molar-refractivity contribution >= 4 is 44.0 Å². The molecule has 1 aliphatic rings. The monoisotopic (exact) mass is 492 g/mol. The maximum absolute atomic E-state index is 12.9. The van der Waals surface area contributed by atoms with Crippen LogP contribution < -0.4 is 10.0 Å². The number of anilines is 1. The van der Waals surface area contributed by atoms with Crippen LogP contribution in [0.5, 0.6) is 0 Å².